The molecule has 7 heteroatoms. The van der Waals surface area contributed by atoms with Crippen LogP contribution in [0.3, 0.4) is 0 Å². The quantitative estimate of drug-likeness (QED) is 0.936. The average Bonchev–Trinajstić information content (AvgIpc) is 3.15. The van der Waals surface area contributed by atoms with Gasteiger partial charge in [-0.25, -0.2) is 4.39 Å². The molecule has 2 atom stereocenters. The Morgan fingerprint density at radius 1 is 1.52 bits per heavy atom. The van der Waals surface area contributed by atoms with E-state index in [9.17, 15) is 9.18 Å². The third kappa shape index (κ3) is 3.09. The van der Waals surface area contributed by atoms with Crippen molar-refractivity contribution in [3.8, 4) is 0 Å². The maximum atomic E-state index is 13.4. The van der Waals surface area contributed by atoms with Crippen LogP contribution in [0.4, 0.5) is 4.39 Å². The van der Waals surface area contributed by atoms with Crippen molar-refractivity contribution in [2.45, 2.75) is 44.6 Å². The number of hydrogen-bond donors (Lipinski definition) is 1. The molecule has 1 fully saturated rings. The number of likely N-dealkylation sites (tertiary alicyclic amines) is 1. The van der Waals surface area contributed by atoms with Gasteiger partial charge in [0.2, 0.25) is 5.91 Å². The number of rotatable bonds is 4. The highest BCUT2D eigenvalue weighted by Gasteiger charge is 2.41. The molecule has 1 amide bonds. The molecule has 0 saturated carbocycles. The van der Waals surface area contributed by atoms with E-state index in [4.69, 9.17) is 0 Å². The lowest BCUT2D eigenvalue weighted by Gasteiger charge is -2.36. The summed E-state index contributed by atoms with van der Waals surface area (Å²) in [7, 11) is 0. The molecule has 1 N–H and O–H groups in total. The Morgan fingerprint density at radius 2 is 2.35 bits per heavy atom. The second-order valence-corrected chi connectivity index (χ2v) is 6.39. The molecule has 0 radical (unpaired) electrons. The minimum absolute atomic E-state index is 0.0113. The largest absolute Gasteiger partial charge is 0.336 e. The first-order valence-electron chi connectivity index (χ1n) is 7.79. The Kier molecular flexibility index (Phi) is 4.11. The number of nitrogens with zero attached hydrogens (tertiary/aromatic N) is 4. The van der Waals surface area contributed by atoms with E-state index >= 15 is 0 Å². The molecule has 1 aliphatic rings. The fraction of sp³-hybridized carbons (Fsp3) is 0.500. The van der Waals surface area contributed by atoms with Gasteiger partial charge in [0, 0.05) is 12.1 Å². The van der Waals surface area contributed by atoms with Gasteiger partial charge in [-0.15, -0.1) is 10.2 Å². The van der Waals surface area contributed by atoms with E-state index in [-0.39, 0.29) is 17.3 Å². The number of nitrogens with one attached hydrogen (secondary N) is 1. The van der Waals surface area contributed by atoms with Gasteiger partial charge in [0.15, 0.2) is 5.82 Å². The van der Waals surface area contributed by atoms with Crippen LogP contribution in [0, 0.1) is 5.82 Å². The van der Waals surface area contributed by atoms with Crippen LogP contribution in [-0.4, -0.2) is 43.5 Å². The third-order valence-electron chi connectivity index (χ3n) is 4.61. The first-order valence-corrected chi connectivity index (χ1v) is 7.79. The van der Waals surface area contributed by atoms with Crippen molar-refractivity contribution < 1.29 is 9.18 Å². The van der Waals surface area contributed by atoms with E-state index in [1.807, 2.05) is 11.0 Å². The van der Waals surface area contributed by atoms with Gasteiger partial charge in [0.05, 0.1) is 5.92 Å². The number of halogens is 1. The smallest absolute Gasteiger partial charge is 0.233 e. The van der Waals surface area contributed by atoms with E-state index in [0.717, 1.165) is 18.4 Å². The van der Waals surface area contributed by atoms with Crippen molar-refractivity contribution in [3.05, 3.63) is 41.5 Å². The number of aromatic amines is 1. The number of carbonyl (C=O) groups is 1. The van der Waals surface area contributed by atoms with Crippen molar-refractivity contribution in [1.29, 1.82) is 0 Å². The number of H-pyrrole nitrogens is 1. The van der Waals surface area contributed by atoms with Crippen molar-refractivity contribution in [2.24, 2.45) is 0 Å². The van der Waals surface area contributed by atoms with Crippen LogP contribution in [0.15, 0.2) is 24.3 Å². The Balaban J connectivity index is 1.80. The van der Waals surface area contributed by atoms with Gasteiger partial charge < -0.3 is 4.90 Å². The van der Waals surface area contributed by atoms with E-state index in [1.165, 1.54) is 12.1 Å². The fourth-order valence-electron chi connectivity index (χ4n) is 3.37. The van der Waals surface area contributed by atoms with E-state index < -0.39 is 5.92 Å². The van der Waals surface area contributed by atoms with E-state index in [1.54, 1.807) is 13.0 Å². The molecule has 23 heavy (non-hydrogen) atoms. The number of tetrazole rings is 1. The molecule has 0 spiro atoms. The number of amides is 1. The highest BCUT2D eigenvalue weighted by atomic mass is 19.1. The summed E-state index contributed by atoms with van der Waals surface area (Å²) in [5.41, 5.74) is 0.586. The lowest BCUT2D eigenvalue weighted by atomic mass is 9.89. The predicted octanol–water partition coefficient (Wildman–Crippen LogP) is 2.07. The Hall–Kier alpha value is -2.31. The highest BCUT2D eigenvalue weighted by molar-refractivity contribution is 5.83. The molecule has 6 nitrogen and oxygen atoms in total. The van der Waals surface area contributed by atoms with Gasteiger partial charge in [-0.2, -0.15) is 5.21 Å². The summed E-state index contributed by atoms with van der Waals surface area (Å²) in [5, 5.41) is 13.7. The Morgan fingerprint density at radius 3 is 3.04 bits per heavy atom. The monoisotopic (exact) mass is 317 g/mol. The topological polar surface area (TPSA) is 74.8 Å². The summed E-state index contributed by atoms with van der Waals surface area (Å²) in [6.07, 6.45) is 2.47. The van der Waals surface area contributed by atoms with Crippen LogP contribution in [0.5, 0.6) is 0 Å². The zero-order valence-electron chi connectivity index (χ0n) is 13.3. The van der Waals surface area contributed by atoms with Crippen LogP contribution in [-0.2, 0) is 11.2 Å². The Bertz CT molecular complexity index is 690. The summed E-state index contributed by atoms with van der Waals surface area (Å²) >= 11 is 0. The molecule has 0 bridgehead atoms. The van der Waals surface area contributed by atoms with Crippen LogP contribution in [0.2, 0.25) is 0 Å². The molecule has 122 valence electrons. The molecular weight excluding hydrogens is 297 g/mol. The van der Waals surface area contributed by atoms with Crippen molar-refractivity contribution >= 4 is 5.91 Å². The predicted molar refractivity (Wildman–Crippen MR) is 82.0 cm³/mol. The van der Waals surface area contributed by atoms with Crippen molar-refractivity contribution in [2.75, 3.05) is 6.54 Å². The number of carbonyl (C=O) groups excluding carboxylic acids is 1. The third-order valence-corrected chi connectivity index (χ3v) is 4.61. The first kappa shape index (κ1) is 15.6. The second-order valence-electron chi connectivity index (χ2n) is 6.39. The number of hydrogen-bond acceptors (Lipinski definition) is 4. The molecule has 2 aromatic rings. The van der Waals surface area contributed by atoms with Gasteiger partial charge >= 0.3 is 0 Å². The lowest BCUT2D eigenvalue weighted by molar-refractivity contribution is -0.136. The molecule has 1 aliphatic heterocycles. The summed E-state index contributed by atoms with van der Waals surface area (Å²) < 4.78 is 13.4. The average molecular weight is 317 g/mol. The maximum absolute atomic E-state index is 13.4. The SMILES string of the molecule is CC(C(=O)N1CCCC1(C)Cc1cccc(F)c1)c1nn[nH]n1. The molecule has 1 aromatic carbocycles. The van der Waals surface area contributed by atoms with Crippen LogP contribution in [0.25, 0.3) is 0 Å². The lowest BCUT2D eigenvalue weighted by Crippen LogP contribution is -2.48. The van der Waals surface area contributed by atoms with Gasteiger partial charge in [-0.3, -0.25) is 4.79 Å². The molecular formula is C16H20FN5O. The summed E-state index contributed by atoms with van der Waals surface area (Å²) in [6.45, 7) is 4.55. The normalized spacial score (nSPS) is 22.3. The van der Waals surface area contributed by atoms with Gasteiger partial charge in [0.1, 0.15) is 5.82 Å². The van der Waals surface area contributed by atoms with Crippen molar-refractivity contribution in [3.63, 3.8) is 0 Å². The minimum Gasteiger partial charge on any atom is -0.336 e. The van der Waals surface area contributed by atoms with Crippen LogP contribution >= 0.6 is 0 Å². The molecule has 3 rings (SSSR count). The van der Waals surface area contributed by atoms with Gasteiger partial charge in [-0.1, -0.05) is 17.3 Å². The molecule has 2 heterocycles. The minimum atomic E-state index is -0.446. The fourth-order valence-corrected chi connectivity index (χ4v) is 3.37. The standard InChI is InChI=1S/C16H20FN5O/c1-11(14-18-20-21-19-14)15(23)22-8-4-7-16(22,2)10-12-5-3-6-13(17)9-12/h3,5-6,9,11H,4,7-8,10H2,1-2H3,(H,18,19,20,21). The van der Waals surface area contributed by atoms with Crippen LogP contribution in [0.1, 0.15) is 44.0 Å². The molecule has 1 aromatic heterocycles. The highest BCUT2D eigenvalue weighted by Crippen LogP contribution is 2.34. The summed E-state index contributed by atoms with van der Waals surface area (Å²) in [4.78, 5) is 14.7. The van der Waals surface area contributed by atoms with Crippen molar-refractivity contribution in [1.82, 2.24) is 25.5 Å². The van der Waals surface area contributed by atoms with Crippen LogP contribution < -0.4 is 0 Å². The summed E-state index contributed by atoms with van der Waals surface area (Å²) in [5.74, 6) is -0.307. The first-order chi connectivity index (χ1) is 11.0. The van der Waals surface area contributed by atoms with Gasteiger partial charge in [0.25, 0.3) is 0 Å². The second kappa shape index (κ2) is 6.06. The zero-order valence-corrected chi connectivity index (χ0v) is 13.3. The van der Waals surface area contributed by atoms with Gasteiger partial charge in [-0.05, 0) is 50.8 Å². The molecule has 0 aliphatic carbocycles. The maximum Gasteiger partial charge on any atom is 0.233 e. The number of aromatic nitrogens is 4. The Labute approximate surface area is 134 Å². The molecule has 1 saturated heterocycles. The number of benzene rings is 1. The summed E-state index contributed by atoms with van der Waals surface area (Å²) in [6, 6.07) is 6.57. The zero-order chi connectivity index (χ0) is 16.4. The molecule has 2 unspecified atom stereocenters. The van der Waals surface area contributed by atoms with E-state index in [2.05, 4.69) is 27.5 Å². The van der Waals surface area contributed by atoms with E-state index in [0.29, 0.717) is 18.8 Å².